The minimum Gasteiger partial charge on any atom is -0.489 e. The lowest BCUT2D eigenvalue weighted by atomic mass is 9.77. The third-order valence-electron chi connectivity index (χ3n) is 13.8. The Morgan fingerprint density at radius 3 is 2.34 bits per heavy atom. The van der Waals surface area contributed by atoms with E-state index in [1.54, 1.807) is 29.8 Å². The number of carbonyl (C=O) groups excluding carboxylic acids is 2. The molecule has 352 valence electrons. The zero-order valence-corrected chi connectivity index (χ0v) is 39.8. The number of alkyl halides is 1. The molecule has 3 aromatic carbocycles. The quantitative estimate of drug-likeness (QED) is 0.106. The number of anilines is 2. The summed E-state index contributed by atoms with van der Waals surface area (Å²) in [6.07, 6.45) is 3.02. The molecule has 0 spiro atoms. The van der Waals surface area contributed by atoms with Gasteiger partial charge in [0.05, 0.1) is 38.4 Å². The number of nitriles is 1. The Hall–Kier alpha value is -5.71. The van der Waals surface area contributed by atoms with Crippen LogP contribution in [0, 0.1) is 11.3 Å². The number of hydrogen-bond donors (Lipinski definition) is 2. The van der Waals surface area contributed by atoms with Crippen LogP contribution in [0.3, 0.4) is 0 Å². The van der Waals surface area contributed by atoms with Crippen LogP contribution in [0.4, 0.5) is 11.6 Å². The summed E-state index contributed by atoms with van der Waals surface area (Å²) in [5, 5.41) is 11.9. The number of likely N-dealkylation sites (tertiary alicyclic amines) is 2. The van der Waals surface area contributed by atoms with Crippen LogP contribution in [-0.4, -0.2) is 118 Å². The first kappa shape index (κ1) is 46.4. The van der Waals surface area contributed by atoms with Crippen LogP contribution in [0.25, 0.3) is 11.0 Å². The lowest BCUT2D eigenvalue weighted by Crippen LogP contribution is -2.70. The standard InChI is InChI=1S/C47H52Cl2N10O7S/c1-47(2,31-20-29(23-50)43(38(49)21-31)65-19-15-48)30-4-7-36(8-5-30)66-28-32-12-16-51-45(52-32)54-67(63,64)37-13-17-56(18-14-37)34-24-58(25-34)35-26-57(27-35)33-6-9-39-41(22-33)55(3)46(62)59(39)40-10-11-42(60)53-44(40)61/h4-9,12,16,20-22,34-35,37,40H,10-11,13-15,17-19,24-28H2,1-3H3,(H,51,52,54)(H,53,60,61). The zero-order chi connectivity index (χ0) is 47.2. The normalized spacial score (nSPS) is 19.2. The van der Waals surface area contributed by atoms with E-state index in [-0.39, 0.29) is 43.1 Å². The maximum Gasteiger partial charge on any atom is 0.329 e. The van der Waals surface area contributed by atoms with Gasteiger partial charge < -0.3 is 14.4 Å². The number of amides is 2. The molecule has 4 aliphatic heterocycles. The summed E-state index contributed by atoms with van der Waals surface area (Å²) in [6, 6.07) is 21.0. The number of imidazole rings is 1. The highest BCUT2D eigenvalue weighted by Gasteiger charge is 2.43. The number of carbonyl (C=O) groups is 2. The Balaban J connectivity index is 0.724. The lowest BCUT2D eigenvalue weighted by Gasteiger charge is -2.55. The second-order valence-electron chi connectivity index (χ2n) is 18.2. The van der Waals surface area contributed by atoms with E-state index in [0.717, 1.165) is 48.5 Å². The summed E-state index contributed by atoms with van der Waals surface area (Å²) >= 11 is 12.3. The van der Waals surface area contributed by atoms with Crippen LogP contribution in [0.15, 0.2) is 71.7 Å². The van der Waals surface area contributed by atoms with E-state index in [1.165, 1.54) is 10.8 Å². The molecule has 9 rings (SSSR count). The van der Waals surface area contributed by atoms with Gasteiger partial charge in [-0.25, -0.2) is 23.2 Å². The minimum atomic E-state index is -3.74. The molecule has 20 heteroatoms. The number of hydrogen-bond acceptors (Lipinski definition) is 13. The molecule has 17 nitrogen and oxygen atoms in total. The van der Waals surface area contributed by atoms with Crippen molar-refractivity contribution < 1.29 is 27.5 Å². The Kier molecular flexibility index (Phi) is 13.0. The average Bonchev–Trinajstić information content (AvgIpc) is 3.53. The zero-order valence-electron chi connectivity index (χ0n) is 37.5. The van der Waals surface area contributed by atoms with Crippen molar-refractivity contribution in [3.05, 3.63) is 105 Å². The summed E-state index contributed by atoms with van der Waals surface area (Å²) in [4.78, 5) is 53.3. The molecule has 0 aliphatic carbocycles. The summed E-state index contributed by atoms with van der Waals surface area (Å²) < 4.78 is 44.4. The number of halogens is 2. The molecule has 4 aliphatic rings. The van der Waals surface area contributed by atoms with Gasteiger partial charge in [0.1, 0.15) is 31.1 Å². The first-order valence-corrected chi connectivity index (χ1v) is 24.9. The van der Waals surface area contributed by atoms with Gasteiger partial charge in [-0.2, -0.15) is 5.26 Å². The van der Waals surface area contributed by atoms with E-state index in [2.05, 4.69) is 40.8 Å². The molecule has 0 bridgehead atoms. The molecule has 1 unspecified atom stereocenters. The number of aryl methyl sites for hydroxylation is 1. The van der Waals surface area contributed by atoms with Crippen molar-refractivity contribution in [3.8, 4) is 17.6 Å². The van der Waals surface area contributed by atoms with Crippen LogP contribution in [0.2, 0.25) is 5.02 Å². The highest BCUT2D eigenvalue weighted by molar-refractivity contribution is 7.93. The highest BCUT2D eigenvalue weighted by Crippen LogP contribution is 2.39. The van der Waals surface area contributed by atoms with Gasteiger partial charge >= 0.3 is 5.69 Å². The van der Waals surface area contributed by atoms with Crippen molar-refractivity contribution in [2.45, 2.75) is 74.9 Å². The monoisotopic (exact) mass is 970 g/mol. The van der Waals surface area contributed by atoms with Crippen LogP contribution in [0.5, 0.6) is 11.5 Å². The van der Waals surface area contributed by atoms with E-state index in [9.17, 15) is 28.1 Å². The van der Waals surface area contributed by atoms with E-state index in [0.29, 0.717) is 77.7 Å². The number of aromatic nitrogens is 4. The third-order valence-corrected chi connectivity index (χ3v) is 16.0. The minimum absolute atomic E-state index is 0.00822. The smallest absolute Gasteiger partial charge is 0.329 e. The fraction of sp³-hybridized carbons (Fsp3) is 0.447. The Morgan fingerprint density at radius 1 is 0.910 bits per heavy atom. The van der Waals surface area contributed by atoms with Crippen LogP contribution in [0.1, 0.15) is 68.0 Å². The van der Waals surface area contributed by atoms with E-state index >= 15 is 0 Å². The molecule has 4 saturated heterocycles. The molecule has 1 atom stereocenters. The van der Waals surface area contributed by atoms with Crippen LogP contribution >= 0.6 is 23.2 Å². The molecule has 4 fully saturated rings. The van der Waals surface area contributed by atoms with E-state index in [4.69, 9.17) is 32.7 Å². The Morgan fingerprint density at radius 2 is 1.64 bits per heavy atom. The van der Waals surface area contributed by atoms with Crippen molar-refractivity contribution in [2.75, 3.05) is 61.4 Å². The molecule has 67 heavy (non-hydrogen) atoms. The number of sulfonamides is 1. The second-order valence-corrected chi connectivity index (χ2v) is 20.9. The SMILES string of the molecule is Cn1c(=O)n(C2CCC(=O)NC2=O)c2ccc(N3CC(N4CC(N5CCC(S(=O)(=O)Nc6nccc(COc7ccc(C(C)(C)c8cc(Cl)c(OCCCl)c(C#N)c8)cc7)n6)CC5)C4)C3)cc21. The van der Waals surface area contributed by atoms with Gasteiger partial charge in [0.25, 0.3) is 0 Å². The van der Waals surface area contributed by atoms with Gasteiger partial charge in [0.15, 0.2) is 5.75 Å². The molecule has 2 N–H and O–H groups in total. The predicted octanol–water partition coefficient (Wildman–Crippen LogP) is 4.93. The molecular formula is C47H52Cl2N10O7S. The third kappa shape index (κ3) is 9.32. The molecular weight excluding hydrogens is 920 g/mol. The van der Waals surface area contributed by atoms with Gasteiger partial charge in [-0.15, -0.1) is 11.6 Å². The Bertz CT molecular complexity index is 2920. The number of piperidine rings is 2. The van der Waals surface area contributed by atoms with Gasteiger partial charge in [-0.1, -0.05) is 37.6 Å². The summed E-state index contributed by atoms with van der Waals surface area (Å²) in [5.41, 5.74) is 4.31. The van der Waals surface area contributed by atoms with Crippen LogP contribution in [-0.2, 0) is 38.7 Å². The maximum atomic E-state index is 13.5. The first-order chi connectivity index (χ1) is 32.1. The lowest BCUT2D eigenvalue weighted by molar-refractivity contribution is -0.135. The number of nitrogens with zero attached hydrogens (tertiary/aromatic N) is 8. The Labute approximate surface area is 398 Å². The topological polar surface area (TPSA) is 197 Å². The molecule has 0 radical (unpaired) electrons. The maximum absolute atomic E-state index is 13.5. The molecule has 2 amide bonds. The van der Waals surface area contributed by atoms with Gasteiger partial charge in [0.2, 0.25) is 27.8 Å². The number of fused-ring (bicyclic) bond motifs is 1. The number of nitrogens with one attached hydrogen (secondary N) is 2. The number of rotatable bonds is 15. The van der Waals surface area contributed by atoms with Crippen molar-refractivity contribution in [3.63, 3.8) is 0 Å². The van der Waals surface area contributed by atoms with Crippen molar-refractivity contribution in [2.24, 2.45) is 7.05 Å². The van der Waals surface area contributed by atoms with Crippen LogP contribution < -0.4 is 30.1 Å². The van der Waals surface area contributed by atoms with Crippen molar-refractivity contribution >= 4 is 67.7 Å². The average molecular weight is 972 g/mol. The molecule has 2 aromatic heterocycles. The predicted molar refractivity (Wildman–Crippen MR) is 254 cm³/mol. The van der Waals surface area contributed by atoms with Gasteiger partial charge in [-0.05, 0) is 92.0 Å². The van der Waals surface area contributed by atoms with Gasteiger partial charge in [-0.3, -0.25) is 38.6 Å². The van der Waals surface area contributed by atoms with E-state index < -0.39 is 32.6 Å². The summed E-state index contributed by atoms with van der Waals surface area (Å²) in [6.45, 7) is 9.38. The summed E-state index contributed by atoms with van der Waals surface area (Å²) in [7, 11) is -2.04. The van der Waals surface area contributed by atoms with Crippen molar-refractivity contribution in [1.29, 1.82) is 5.26 Å². The fourth-order valence-corrected chi connectivity index (χ4v) is 11.3. The largest absolute Gasteiger partial charge is 0.489 e. The van der Waals surface area contributed by atoms with E-state index in [1.807, 2.05) is 56.3 Å². The molecule has 5 aromatic rings. The number of imide groups is 1. The summed E-state index contributed by atoms with van der Waals surface area (Å²) in [5.74, 6) is 0.436. The number of ether oxygens (including phenoxy) is 2. The first-order valence-electron chi connectivity index (χ1n) is 22.4. The highest BCUT2D eigenvalue weighted by atomic mass is 35.5. The molecule has 6 heterocycles. The van der Waals surface area contributed by atoms with Crippen molar-refractivity contribution in [1.82, 2.24) is 34.2 Å². The molecule has 0 saturated carbocycles. The van der Waals surface area contributed by atoms with Gasteiger partial charge in [0, 0.05) is 69.0 Å². The fourth-order valence-electron chi connectivity index (χ4n) is 9.60. The second kappa shape index (κ2) is 18.8. The number of benzene rings is 3.